The quantitative estimate of drug-likeness (QED) is 0.876. The van der Waals surface area contributed by atoms with Crippen molar-refractivity contribution in [1.29, 1.82) is 0 Å². The van der Waals surface area contributed by atoms with Crippen LogP contribution in [0.15, 0.2) is 4.42 Å². The molecule has 102 valence electrons. The molecule has 0 bridgehead atoms. The maximum absolute atomic E-state index is 5.43. The van der Waals surface area contributed by atoms with Crippen LogP contribution in [0.2, 0.25) is 0 Å². The molecule has 0 unspecified atom stereocenters. The van der Waals surface area contributed by atoms with Gasteiger partial charge >= 0.3 is 0 Å². The van der Waals surface area contributed by atoms with Crippen molar-refractivity contribution in [3.63, 3.8) is 0 Å². The topological polar surface area (TPSA) is 58.0 Å². The Morgan fingerprint density at radius 2 is 2.21 bits per heavy atom. The summed E-state index contributed by atoms with van der Waals surface area (Å²) in [7, 11) is 0. The van der Waals surface area contributed by atoms with Crippen LogP contribution in [0.1, 0.15) is 31.9 Å². The Bertz CT molecular complexity index is 609. The van der Waals surface area contributed by atoms with E-state index in [9.17, 15) is 0 Å². The number of rotatable bonds is 4. The van der Waals surface area contributed by atoms with Crippen molar-refractivity contribution >= 4 is 28.7 Å². The van der Waals surface area contributed by atoms with Crippen molar-refractivity contribution in [1.82, 2.24) is 15.2 Å². The molecular formula is C12H16N4OS2. The molecule has 1 aliphatic rings. The molecule has 1 fully saturated rings. The highest BCUT2D eigenvalue weighted by atomic mass is 32.1. The van der Waals surface area contributed by atoms with Gasteiger partial charge in [-0.3, -0.25) is 0 Å². The molecule has 1 N–H and O–H groups in total. The number of hydrogen-bond acceptors (Lipinski definition) is 6. The molecule has 1 aliphatic heterocycles. The van der Waals surface area contributed by atoms with Crippen LogP contribution in [-0.2, 0) is 6.42 Å². The van der Waals surface area contributed by atoms with Crippen LogP contribution in [0.3, 0.4) is 0 Å². The molecule has 2 aromatic rings. The molecule has 0 radical (unpaired) electrons. The standard InChI is InChI=1S/C12H16N4OS2/c1-2-5-8-9(10-14-15-12(18)17-10)19-11(13-8)16-6-3-4-7-16/h2-7H2,1H3,(H,15,18). The summed E-state index contributed by atoms with van der Waals surface area (Å²) < 4.78 is 5.43. The van der Waals surface area contributed by atoms with E-state index in [-0.39, 0.29) is 0 Å². The fourth-order valence-corrected chi connectivity index (χ4v) is 3.50. The second-order valence-corrected chi connectivity index (χ2v) is 5.98. The summed E-state index contributed by atoms with van der Waals surface area (Å²) in [6.45, 7) is 4.35. The number of aromatic nitrogens is 3. The zero-order chi connectivity index (χ0) is 13.2. The minimum Gasteiger partial charge on any atom is -0.408 e. The van der Waals surface area contributed by atoms with Crippen molar-refractivity contribution in [2.24, 2.45) is 0 Å². The number of nitrogens with one attached hydrogen (secondary N) is 1. The third kappa shape index (κ3) is 2.57. The summed E-state index contributed by atoms with van der Waals surface area (Å²) in [5.74, 6) is 0.566. The first-order valence-corrected chi connectivity index (χ1v) is 7.81. The summed E-state index contributed by atoms with van der Waals surface area (Å²) in [4.78, 5) is 8.43. The van der Waals surface area contributed by atoms with Crippen LogP contribution in [0.5, 0.6) is 0 Å². The maximum atomic E-state index is 5.43. The number of nitrogens with zero attached hydrogens (tertiary/aromatic N) is 3. The van der Waals surface area contributed by atoms with Crippen LogP contribution < -0.4 is 4.90 Å². The molecule has 2 aromatic heterocycles. The number of aromatic amines is 1. The number of thiazole rings is 1. The van der Waals surface area contributed by atoms with E-state index in [0.29, 0.717) is 10.7 Å². The van der Waals surface area contributed by atoms with Crippen molar-refractivity contribution in [3.05, 3.63) is 10.5 Å². The van der Waals surface area contributed by atoms with Crippen LogP contribution in [0, 0.1) is 4.84 Å². The van der Waals surface area contributed by atoms with Gasteiger partial charge in [0.2, 0.25) is 0 Å². The number of anilines is 1. The highest BCUT2D eigenvalue weighted by molar-refractivity contribution is 7.71. The van der Waals surface area contributed by atoms with Gasteiger partial charge in [0.25, 0.3) is 10.7 Å². The molecular weight excluding hydrogens is 280 g/mol. The van der Waals surface area contributed by atoms with Gasteiger partial charge in [-0.15, -0.1) is 5.10 Å². The van der Waals surface area contributed by atoms with Crippen molar-refractivity contribution in [2.75, 3.05) is 18.0 Å². The van der Waals surface area contributed by atoms with Gasteiger partial charge < -0.3 is 9.32 Å². The van der Waals surface area contributed by atoms with E-state index in [1.54, 1.807) is 11.3 Å². The van der Waals surface area contributed by atoms with Gasteiger partial charge in [0.1, 0.15) is 4.88 Å². The fraction of sp³-hybridized carbons (Fsp3) is 0.583. The average Bonchev–Trinajstić information content (AvgIpc) is 3.08. The lowest BCUT2D eigenvalue weighted by Gasteiger charge is -2.12. The Labute approximate surface area is 120 Å². The Morgan fingerprint density at radius 1 is 1.42 bits per heavy atom. The smallest absolute Gasteiger partial charge is 0.284 e. The van der Waals surface area contributed by atoms with Gasteiger partial charge in [0.15, 0.2) is 5.13 Å². The lowest BCUT2D eigenvalue weighted by atomic mass is 10.2. The highest BCUT2D eigenvalue weighted by Gasteiger charge is 2.21. The van der Waals surface area contributed by atoms with E-state index in [1.165, 1.54) is 12.8 Å². The molecule has 7 heteroatoms. The Balaban J connectivity index is 1.98. The van der Waals surface area contributed by atoms with Gasteiger partial charge in [-0.05, 0) is 31.5 Å². The van der Waals surface area contributed by atoms with E-state index in [1.807, 2.05) is 0 Å². The number of hydrogen-bond donors (Lipinski definition) is 1. The first kappa shape index (κ1) is 12.8. The van der Waals surface area contributed by atoms with Gasteiger partial charge in [-0.25, -0.2) is 10.1 Å². The molecule has 0 aliphatic carbocycles. The second-order valence-electron chi connectivity index (χ2n) is 4.63. The first-order chi connectivity index (χ1) is 9.28. The van der Waals surface area contributed by atoms with Gasteiger partial charge in [0.05, 0.1) is 5.69 Å². The molecule has 0 spiro atoms. The molecule has 0 amide bonds. The van der Waals surface area contributed by atoms with Crippen LogP contribution >= 0.6 is 23.6 Å². The SMILES string of the molecule is CCCc1nc(N2CCCC2)sc1-c1n[nH]c(=S)o1. The summed E-state index contributed by atoms with van der Waals surface area (Å²) >= 11 is 6.60. The van der Waals surface area contributed by atoms with Gasteiger partial charge in [-0.1, -0.05) is 24.7 Å². The number of aryl methyl sites for hydroxylation is 1. The predicted molar refractivity (Wildman–Crippen MR) is 78.2 cm³/mol. The first-order valence-electron chi connectivity index (χ1n) is 6.58. The molecule has 3 rings (SSSR count). The van der Waals surface area contributed by atoms with Crippen LogP contribution in [0.4, 0.5) is 5.13 Å². The van der Waals surface area contributed by atoms with E-state index in [0.717, 1.165) is 41.6 Å². The molecule has 0 atom stereocenters. The molecule has 0 saturated carbocycles. The summed E-state index contributed by atoms with van der Waals surface area (Å²) in [5, 5.41) is 7.89. The normalized spacial score (nSPS) is 15.3. The third-order valence-corrected chi connectivity index (χ3v) is 4.50. The lowest BCUT2D eigenvalue weighted by Crippen LogP contribution is -2.17. The minimum absolute atomic E-state index is 0.313. The van der Waals surface area contributed by atoms with E-state index in [2.05, 4.69) is 22.0 Å². The fourth-order valence-electron chi connectivity index (χ4n) is 2.28. The summed E-state index contributed by atoms with van der Waals surface area (Å²) in [6.07, 6.45) is 4.50. The average molecular weight is 296 g/mol. The predicted octanol–water partition coefficient (Wildman–Crippen LogP) is 3.41. The molecule has 3 heterocycles. The van der Waals surface area contributed by atoms with Gasteiger partial charge in [-0.2, -0.15) is 0 Å². The van der Waals surface area contributed by atoms with Crippen molar-refractivity contribution in [3.8, 4) is 10.8 Å². The zero-order valence-electron chi connectivity index (χ0n) is 10.8. The monoisotopic (exact) mass is 296 g/mol. The largest absolute Gasteiger partial charge is 0.408 e. The molecule has 0 aromatic carbocycles. The second kappa shape index (κ2) is 5.42. The molecule has 1 saturated heterocycles. The van der Waals surface area contributed by atoms with E-state index < -0.39 is 0 Å². The Kier molecular flexibility index (Phi) is 3.65. The highest BCUT2D eigenvalue weighted by Crippen LogP contribution is 2.35. The van der Waals surface area contributed by atoms with Crippen LogP contribution in [-0.4, -0.2) is 28.3 Å². The number of H-pyrrole nitrogens is 1. The van der Waals surface area contributed by atoms with E-state index >= 15 is 0 Å². The molecule has 19 heavy (non-hydrogen) atoms. The Hall–Kier alpha value is -1.21. The maximum Gasteiger partial charge on any atom is 0.284 e. The Morgan fingerprint density at radius 3 is 2.84 bits per heavy atom. The minimum atomic E-state index is 0.313. The zero-order valence-corrected chi connectivity index (χ0v) is 12.4. The summed E-state index contributed by atoms with van der Waals surface area (Å²) in [5.41, 5.74) is 1.07. The summed E-state index contributed by atoms with van der Waals surface area (Å²) in [6, 6.07) is 0. The van der Waals surface area contributed by atoms with Crippen LogP contribution in [0.25, 0.3) is 10.8 Å². The van der Waals surface area contributed by atoms with E-state index in [4.69, 9.17) is 21.6 Å². The van der Waals surface area contributed by atoms with Gasteiger partial charge in [0, 0.05) is 13.1 Å². The third-order valence-electron chi connectivity index (χ3n) is 3.18. The molecule has 5 nitrogen and oxygen atoms in total. The lowest BCUT2D eigenvalue weighted by molar-refractivity contribution is 0.552. The van der Waals surface area contributed by atoms with Crippen molar-refractivity contribution in [2.45, 2.75) is 32.6 Å². The van der Waals surface area contributed by atoms with Crippen molar-refractivity contribution < 1.29 is 4.42 Å².